The van der Waals surface area contributed by atoms with Crippen molar-refractivity contribution in [1.82, 2.24) is 10.6 Å². The Kier molecular flexibility index (Phi) is 4.18. The molecule has 2 aliphatic heterocycles. The zero-order chi connectivity index (χ0) is 11.4. The molecule has 0 aromatic rings. The van der Waals surface area contributed by atoms with Crippen LogP contribution < -0.4 is 10.6 Å². The van der Waals surface area contributed by atoms with Crippen molar-refractivity contribution in [3.63, 3.8) is 0 Å². The van der Waals surface area contributed by atoms with Crippen molar-refractivity contribution in [3.8, 4) is 0 Å². The van der Waals surface area contributed by atoms with E-state index in [2.05, 4.69) is 10.6 Å². The van der Waals surface area contributed by atoms with Crippen LogP contribution in [0.2, 0.25) is 0 Å². The third kappa shape index (κ3) is 2.74. The normalized spacial score (nSPS) is 32.3. The van der Waals surface area contributed by atoms with Crippen LogP contribution in [0.1, 0.15) is 25.7 Å². The molecule has 2 atom stereocenters. The second-order valence-corrected chi connectivity index (χ2v) is 4.90. The van der Waals surface area contributed by atoms with Crippen molar-refractivity contribution in [2.75, 3.05) is 26.7 Å². The Labute approximate surface area is 97.1 Å². The number of esters is 1. The highest BCUT2D eigenvalue weighted by Crippen LogP contribution is 2.30. The molecule has 2 heterocycles. The Balaban J connectivity index is 1.87. The zero-order valence-corrected chi connectivity index (χ0v) is 10.00. The molecule has 0 aromatic carbocycles. The van der Waals surface area contributed by atoms with Gasteiger partial charge in [0.05, 0.1) is 7.11 Å². The second-order valence-electron chi connectivity index (χ2n) is 4.90. The first kappa shape index (κ1) is 11.9. The van der Waals surface area contributed by atoms with E-state index in [0.717, 1.165) is 32.0 Å². The molecule has 0 amide bonds. The van der Waals surface area contributed by atoms with Gasteiger partial charge in [0.1, 0.15) is 6.04 Å². The van der Waals surface area contributed by atoms with Crippen LogP contribution in [0.15, 0.2) is 0 Å². The molecule has 0 spiro atoms. The standard InChI is InChI=1S/C12H22N2O2/c1-16-12(15)11-8-10(4-7-14-11)9-2-5-13-6-3-9/h9-11,13-14H,2-8H2,1H3. The molecule has 2 fully saturated rings. The van der Waals surface area contributed by atoms with Crippen LogP contribution in [-0.2, 0) is 9.53 Å². The Hall–Kier alpha value is -0.610. The number of hydrogen-bond donors (Lipinski definition) is 2. The minimum atomic E-state index is -0.0985. The minimum Gasteiger partial charge on any atom is -0.468 e. The van der Waals surface area contributed by atoms with E-state index in [1.807, 2.05) is 0 Å². The maximum Gasteiger partial charge on any atom is 0.322 e. The van der Waals surface area contributed by atoms with Gasteiger partial charge in [-0.25, -0.2) is 0 Å². The monoisotopic (exact) mass is 226 g/mol. The summed E-state index contributed by atoms with van der Waals surface area (Å²) in [4.78, 5) is 11.5. The molecule has 2 aliphatic rings. The van der Waals surface area contributed by atoms with Gasteiger partial charge >= 0.3 is 5.97 Å². The van der Waals surface area contributed by atoms with Crippen LogP contribution in [0.5, 0.6) is 0 Å². The first-order valence-electron chi connectivity index (χ1n) is 6.33. The fourth-order valence-corrected chi connectivity index (χ4v) is 3.01. The van der Waals surface area contributed by atoms with E-state index < -0.39 is 0 Å². The van der Waals surface area contributed by atoms with E-state index in [0.29, 0.717) is 5.92 Å². The second kappa shape index (κ2) is 5.64. The summed E-state index contributed by atoms with van der Waals surface area (Å²) in [5.41, 5.74) is 0. The van der Waals surface area contributed by atoms with Crippen LogP contribution in [-0.4, -0.2) is 38.8 Å². The summed E-state index contributed by atoms with van der Waals surface area (Å²) in [6, 6.07) is -0.0707. The van der Waals surface area contributed by atoms with Crippen molar-refractivity contribution >= 4 is 5.97 Å². The van der Waals surface area contributed by atoms with Gasteiger partial charge in [-0.05, 0) is 57.2 Å². The number of ether oxygens (including phenoxy) is 1. The lowest BCUT2D eigenvalue weighted by Gasteiger charge is -2.36. The Morgan fingerprint density at radius 3 is 2.50 bits per heavy atom. The molecule has 2 saturated heterocycles. The summed E-state index contributed by atoms with van der Waals surface area (Å²) in [6.07, 6.45) is 4.69. The van der Waals surface area contributed by atoms with Crippen LogP contribution in [0.3, 0.4) is 0 Å². The van der Waals surface area contributed by atoms with Gasteiger partial charge in [-0.3, -0.25) is 4.79 Å². The number of rotatable bonds is 2. The number of carbonyl (C=O) groups is 1. The fraction of sp³-hybridized carbons (Fsp3) is 0.917. The van der Waals surface area contributed by atoms with Gasteiger partial charge in [0.2, 0.25) is 0 Å². The van der Waals surface area contributed by atoms with Crippen molar-refractivity contribution in [2.45, 2.75) is 31.7 Å². The maximum atomic E-state index is 11.5. The summed E-state index contributed by atoms with van der Waals surface area (Å²) >= 11 is 0. The molecule has 2 N–H and O–H groups in total. The third-order valence-electron chi connectivity index (χ3n) is 3.98. The van der Waals surface area contributed by atoms with Crippen molar-refractivity contribution < 1.29 is 9.53 Å². The number of nitrogens with one attached hydrogen (secondary N) is 2. The average Bonchev–Trinajstić information content (AvgIpc) is 2.39. The number of carbonyl (C=O) groups excluding carboxylic acids is 1. The van der Waals surface area contributed by atoms with Gasteiger partial charge in [-0.1, -0.05) is 0 Å². The quantitative estimate of drug-likeness (QED) is 0.674. The lowest BCUT2D eigenvalue weighted by Crippen LogP contribution is -2.46. The average molecular weight is 226 g/mol. The number of methoxy groups -OCH3 is 1. The van der Waals surface area contributed by atoms with Crippen LogP contribution in [0.4, 0.5) is 0 Å². The van der Waals surface area contributed by atoms with E-state index in [-0.39, 0.29) is 12.0 Å². The van der Waals surface area contributed by atoms with Gasteiger partial charge in [0.25, 0.3) is 0 Å². The molecular weight excluding hydrogens is 204 g/mol. The topological polar surface area (TPSA) is 50.4 Å². The maximum absolute atomic E-state index is 11.5. The fourth-order valence-electron chi connectivity index (χ4n) is 3.01. The van der Waals surface area contributed by atoms with Crippen molar-refractivity contribution in [2.24, 2.45) is 11.8 Å². The van der Waals surface area contributed by atoms with Gasteiger partial charge in [-0.15, -0.1) is 0 Å². The summed E-state index contributed by atoms with van der Waals surface area (Å²) in [7, 11) is 1.47. The van der Waals surface area contributed by atoms with E-state index in [4.69, 9.17) is 4.74 Å². The summed E-state index contributed by atoms with van der Waals surface area (Å²) in [5, 5.41) is 6.64. The molecule has 0 saturated carbocycles. The molecule has 0 aliphatic carbocycles. The molecule has 2 unspecified atom stereocenters. The molecule has 0 aromatic heterocycles. The SMILES string of the molecule is COC(=O)C1CC(C2CCNCC2)CCN1. The highest BCUT2D eigenvalue weighted by Gasteiger charge is 2.32. The summed E-state index contributed by atoms with van der Waals surface area (Å²) < 4.78 is 4.81. The third-order valence-corrected chi connectivity index (χ3v) is 3.98. The molecule has 92 valence electrons. The molecular formula is C12H22N2O2. The van der Waals surface area contributed by atoms with Gasteiger partial charge in [0.15, 0.2) is 0 Å². The van der Waals surface area contributed by atoms with Crippen LogP contribution >= 0.6 is 0 Å². The predicted octanol–water partition coefficient (Wildman–Crippen LogP) is 0.527. The molecule has 0 bridgehead atoms. The zero-order valence-electron chi connectivity index (χ0n) is 10.00. The van der Waals surface area contributed by atoms with E-state index in [1.54, 1.807) is 0 Å². The number of piperidine rings is 2. The Morgan fingerprint density at radius 2 is 1.81 bits per heavy atom. The highest BCUT2D eigenvalue weighted by molar-refractivity contribution is 5.75. The largest absolute Gasteiger partial charge is 0.468 e. The summed E-state index contributed by atoms with van der Waals surface area (Å²) in [5.74, 6) is 1.40. The molecule has 0 radical (unpaired) electrons. The van der Waals surface area contributed by atoms with E-state index in [1.165, 1.54) is 26.4 Å². The smallest absolute Gasteiger partial charge is 0.322 e. The van der Waals surface area contributed by atoms with Gasteiger partial charge in [-0.2, -0.15) is 0 Å². The Bertz CT molecular complexity index is 239. The van der Waals surface area contributed by atoms with Gasteiger partial charge in [0, 0.05) is 0 Å². The molecule has 2 rings (SSSR count). The van der Waals surface area contributed by atoms with Crippen molar-refractivity contribution in [1.29, 1.82) is 0 Å². The lowest BCUT2D eigenvalue weighted by atomic mass is 9.77. The Morgan fingerprint density at radius 1 is 1.12 bits per heavy atom. The van der Waals surface area contributed by atoms with Crippen LogP contribution in [0, 0.1) is 11.8 Å². The summed E-state index contributed by atoms with van der Waals surface area (Å²) in [6.45, 7) is 3.23. The first-order chi connectivity index (χ1) is 7.81. The minimum absolute atomic E-state index is 0.0707. The first-order valence-corrected chi connectivity index (χ1v) is 6.33. The number of hydrogen-bond acceptors (Lipinski definition) is 4. The molecule has 16 heavy (non-hydrogen) atoms. The predicted molar refractivity (Wildman–Crippen MR) is 62.1 cm³/mol. The molecule has 4 nitrogen and oxygen atoms in total. The highest BCUT2D eigenvalue weighted by atomic mass is 16.5. The van der Waals surface area contributed by atoms with Crippen LogP contribution in [0.25, 0.3) is 0 Å². The van der Waals surface area contributed by atoms with E-state index in [9.17, 15) is 4.79 Å². The van der Waals surface area contributed by atoms with E-state index >= 15 is 0 Å². The van der Waals surface area contributed by atoms with Crippen molar-refractivity contribution in [3.05, 3.63) is 0 Å². The van der Waals surface area contributed by atoms with Gasteiger partial charge < -0.3 is 15.4 Å². The lowest BCUT2D eigenvalue weighted by molar-refractivity contribution is -0.144. The molecule has 4 heteroatoms.